The minimum atomic E-state index is -0.00264. The first-order valence-corrected chi connectivity index (χ1v) is 5.99. The van der Waals surface area contributed by atoms with E-state index < -0.39 is 0 Å². The molecule has 3 nitrogen and oxygen atoms in total. The summed E-state index contributed by atoms with van der Waals surface area (Å²) in [6, 6.07) is 0. The number of thioether (sulfide) groups is 1. The van der Waals surface area contributed by atoms with Gasteiger partial charge in [-0.2, -0.15) is 0 Å². The molecular weight excluding hydrogens is 194 g/mol. The van der Waals surface area contributed by atoms with Gasteiger partial charge in [0.2, 0.25) is 0 Å². The van der Waals surface area contributed by atoms with Crippen LogP contribution in [0.1, 0.15) is 39.3 Å². The van der Waals surface area contributed by atoms with Crippen LogP contribution >= 0.6 is 11.8 Å². The van der Waals surface area contributed by atoms with Crippen molar-refractivity contribution < 1.29 is 0 Å². The van der Waals surface area contributed by atoms with Crippen molar-refractivity contribution >= 4 is 11.8 Å². The minimum Gasteiger partial charge on any atom is -0.217 e. The lowest BCUT2D eigenvalue weighted by molar-refractivity contribution is 0.524. The number of aryl methyl sites for hydroxylation is 1. The van der Waals surface area contributed by atoms with Gasteiger partial charge in [0.1, 0.15) is 11.6 Å². The average molecular weight is 211 g/mol. The summed E-state index contributed by atoms with van der Waals surface area (Å²) in [5, 5.41) is 0.821. The van der Waals surface area contributed by atoms with E-state index in [1.165, 1.54) is 0 Å². The van der Waals surface area contributed by atoms with E-state index in [2.05, 4.69) is 42.6 Å². The molecule has 0 saturated carbocycles. The van der Waals surface area contributed by atoms with Gasteiger partial charge in [0.15, 0.2) is 5.16 Å². The van der Waals surface area contributed by atoms with Gasteiger partial charge in [-0.25, -0.2) is 15.0 Å². The van der Waals surface area contributed by atoms with Crippen LogP contribution in [0.2, 0.25) is 0 Å². The monoisotopic (exact) mass is 211 g/mol. The summed E-state index contributed by atoms with van der Waals surface area (Å²) in [4.78, 5) is 13.2. The smallest absolute Gasteiger partial charge is 0.190 e. The molecule has 1 heterocycles. The summed E-state index contributed by atoms with van der Waals surface area (Å²) in [6.07, 6.45) is 2.85. The lowest BCUT2D eigenvalue weighted by Gasteiger charge is -2.17. The van der Waals surface area contributed by atoms with Gasteiger partial charge in [-0.05, 0) is 6.26 Å². The average Bonchev–Trinajstić information content (AvgIpc) is 2.15. The Hall–Kier alpha value is -0.640. The summed E-state index contributed by atoms with van der Waals surface area (Å²) >= 11 is 1.57. The van der Waals surface area contributed by atoms with E-state index in [1.807, 2.05) is 6.26 Å². The molecule has 0 aliphatic carbocycles. The molecule has 0 bridgehead atoms. The number of rotatable bonds is 2. The van der Waals surface area contributed by atoms with Crippen molar-refractivity contribution in [2.45, 2.75) is 44.7 Å². The molecule has 0 aliphatic heterocycles. The Kier molecular flexibility index (Phi) is 3.48. The van der Waals surface area contributed by atoms with E-state index in [9.17, 15) is 0 Å². The van der Waals surface area contributed by atoms with Gasteiger partial charge in [-0.15, -0.1) is 0 Å². The lowest BCUT2D eigenvalue weighted by atomic mass is 9.96. The molecule has 78 valence electrons. The van der Waals surface area contributed by atoms with Crippen LogP contribution in [0, 0.1) is 0 Å². The van der Waals surface area contributed by atoms with Crippen molar-refractivity contribution in [1.82, 2.24) is 15.0 Å². The highest BCUT2D eigenvalue weighted by Crippen LogP contribution is 2.20. The van der Waals surface area contributed by atoms with E-state index in [-0.39, 0.29) is 5.41 Å². The van der Waals surface area contributed by atoms with Crippen molar-refractivity contribution in [2.75, 3.05) is 6.26 Å². The molecule has 0 N–H and O–H groups in total. The molecule has 0 fully saturated rings. The largest absolute Gasteiger partial charge is 0.217 e. The van der Waals surface area contributed by atoms with Crippen molar-refractivity contribution in [1.29, 1.82) is 0 Å². The summed E-state index contributed by atoms with van der Waals surface area (Å²) in [7, 11) is 0. The molecule has 0 amide bonds. The molecule has 0 aromatic carbocycles. The number of hydrogen-bond donors (Lipinski definition) is 0. The summed E-state index contributed by atoms with van der Waals surface area (Å²) in [6.45, 7) is 8.41. The first-order valence-electron chi connectivity index (χ1n) is 4.76. The highest BCUT2D eigenvalue weighted by molar-refractivity contribution is 7.98. The Morgan fingerprint density at radius 3 is 2.21 bits per heavy atom. The summed E-state index contributed by atoms with van der Waals surface area (Å²) < 4.78 is 0. The Balaban J connectivity index is 3.17. The van der Waals surface area contributed by atoms with Crippen molar-refractivity contribution in [3.63, 3.8) is 0 Å². The third-order valence-electron chi connectivity index (χ3n) is 1.83. The van der Waals surface area contributed by atoms with Crippen molar-refractivity contribution in [3.8, 4) is 0 Å². The van der Waals surface area contributed by atoms with E-state index in [4.69, 9.17) is 0 Å². The second-order valence-corrected chi connectivity index (χ2v) is 4.94. The molecule has 1 aromatic rings. The molecule has 1 aromatic heterocycles. The molecule has 0 unspecified atom stereocenters. The molecule has 0 atom stereocenters. The highest BCUT2D eigenvalue weighted by Gasteiger charge is 2.19. The molecule has 0 radical (unpaired) electrons. The third kappa shape index (κ3) is 2.67. The van der Waals surface area contributed by atoms with Crippen molar-refractivity contribution in [2.24, 2.45) is 0 Å². The number of nitrogens with zero attached hydrogens (tertiary/aromatic N) is 3. The fourth-order valence-corrected chi connectivity index (χ4v) is 1.36. The topological polar surface area (TPSA) is 38.7 Å². The second kappa shape index (κ2) is 4.26. The zero-order valence-corrected chi connectivity index (χ0v) is 10.3. The maximum Gasteiger partial charge on any atom is 0.190 e. The minimum absolute atomic E-state index is 0.00264. The van der Waals surface area contributed by atoms with E-state index in [1.54, 1.807) is 11.8 Å². The van der Waals surface area contributed by atoms with Crippen LogP contribution in [0.3, 0.4) is 0 Å². The van der Waals surface area contributed by atoms with E-state index >= 15 is 0 Å². The predicted octanol–water partition coefficient (Wildman–Crippen LogP) is 2.45. The molecular formula is C10H17N3S. The second-order valence-electron chi connectivity index (χ2n) is 4.17. The standard InChI is InChI=1S/C10H17N3S/c1-6-7-11-8(10(2,3)4)13-9(12-7)14-5/h6H2,1-5H3. The Morgan fingerprint density at radius 1 is 1.14 bits per heavy atom. The van der Waals surface area contributed by atoms with Crippen LogP contribution in [0.5, 0.6) is 0 Å². The van der Waals surface area contributed by atoms with Gasteiger partial charge in [0, 0.05) is 11.8 Å². The van der Waals surface area contributed by atoms with Crippen LogP contribution in [-0.4, -0.2) is 21.2 Å². The van der Waals surface area contributed by atoms with Crippen LogP contribution < -0.4 is 0 Å². The maximum absolute atomic E-state index is 4.44. The van der Waals surface area contributed by atoms with Gasteiger partial charge < -0.3 is 0 Å². The normalized spacial score (nSPS) is 11.8. The van der Waals surface area contributed by atoms with Crippen LogP contribution in [0.25, 0.3) is 0 Å². The Labute approximate surface area is 89.8 Å². The van der Waals surface area contributed by atoms with Crippen molar-refractivity contribution in [3.05, 3.63) is 11.6 Å². The number of hydrogen-bond acceptors (Lipinski definition) is 4. The first kappa shape index (κ1) is 11.4. The lowest BCUT2D eigenvalue weighted by Crippen LogP contribution is -2.18. The zero-order valence-electron chi connectivity index (χ0n) is 9.46. The zero-order chi connectivity index (χ0) is 10.8. The highest BCUT2D eigenvalue weighted by atomic mass is 32.2. The molecule has 0 saturated heterocycles. The molecule has 0 aliphatic rings. The summed E-state index contributed by atoms with van der Waals surface area (Å²) in [5.41, 5.74) is -0.00264. The first-order chi connectivity index (χ1) is 6.47. The van der Waals surface area contributed by atoms with Gasteiger partial charge >= 0.3 is 0 Å². The number of aromatic nitrogens is 3. The molecule has 4 heteroatoms. The molecule has 14 heavy (non-hydrogen) atoms. The van der Waals surface area contributed by atoms with Crippen LogP contribution in [0.4, 0.5) is 0 Å². The van der Waals surface area contributed by atoms with Gasteiger partial charge in [0.05, 0.1) is 0 Å². The van der Waals surface area contributed by atoms with E-state index in [0.717, 1.165) is 23.2 Å². The summed E-state index contributed by atoms with van der Waals surface area (Å²) in [5.74, 6) is 1.77. The van der Waals surface area contributed by atoms with E-state index in [0.29, 0.717) is 0 Å². The Bertz CT molecular complexity index is 295. The van der Waals surface area contributed by atoms with Gasteiger partial charge in [0.25, 0.3) is 0 Å². The van der Waals surface area contributed by atoms with Crippen LogP contribution in [-0.2, 0) is 11.8 Å². The molecule has 0 spiro atoms. The third-order valence-corrected chi connectivity index (χ3v) is 2.38. The van der Waals surface area contributed by atoms with Gasteiger partial charge in [-0.3, -0.25) is 0 Å². The van der Waals surface area contributed by atoms with Gasteiger partial charge in [-0.1, -0.05) is 39.5 Å². The predicted molar refractivity (Wildman–Crippen MR) is 59.7 cm³/mol. The van der Waals surface area contributed by atoms with Crippen LogP contribution in [0.15, 0.2) is 5.16 Å². The Morgan fingerprint density at radius 2 is 1.79 bits per heavy atom. The quantitative estimate of drug-likeness (QED) is 0.704. The fourth-order valence-electron chi connectivity index (χ4n) is 0.983. The fraction of sp³-hybridized carbons (Fsp3) is 0.700. The maximum atomic E-state index is 4.44. The molecule has 1 rings (SSSR count). The SMILES string of the molecule is CCc1nc(SC)nc(C(C)(C)C)n1.